The summed E-state index contributed by atoms with van der Waals surface area (Å²) < 4.78 is 5.47. The highest BCUT2D eigenvalue weighted by Crippen LogP contribution is 2.48. The number of amides is 2. The third kappa shape index (κ3) is 3.56. The van der Waals surface area contributed by atoms with Crippen molar-refractivity contribution in [2.45, 2.75) is 17.5 Å². The highest BCUT2D eigenvalue weighted by Gasteiger charge is 2.66. The Morgan fingerprint density at radius 1 is 1.39 bits per heavy atom. The molecule has 0 radical (unpaired) electrons. The fraction of sp³-hybridized carbons (Fsp3) is 0.238. The van der Waals surface area contributed by atoms with Crippen LogP contribution in [0.3, 0.4) is 0 Å². The van der Waals surface area contributed by atoms with Crippen molar-refractivity contribution in [3.05, 3.63) is 70.3 Å². The van der Waals surface area contributed by atoms with Gasteiger partial charge in [-0.2, -0.15) is 0 Å². The molecular weight excluding hydrogens is 438 g/mol. The number of aliphatic carboxylic acids is 1. The van der Waals surface area contributed by atoms with E-state index in [1.165, 1.54) is 35.1 Å². The molecule has 0 aliphatic carbocycles. The Hall–Kier alpha value is -2.95. The molecule has 1 saturated heterocycles. The van der Waals surface area contributed by atoms with E-state index < -0.39 is 23.0 Å². The number of nitrogens with zero attached hydrogens (tertiary/aromatic N) is 2. The Morgan fingerprint density at radius 3 is 2.74 bits per heavy atom. The minimum absolute atomic E-state index is 0.110. The predicted molar refractivity (Wildman–Crippen MR) is 117 cm³/mol. The van der Waals surface area contributed by atoms with Crippen LogP contribution in [0.15, 0.2) is 59.9 Å². The SMILES string of the molecule is C=C(C1=C(C(=O)O)N2C(=O)[C@](NC(=O)Cc3cccs3)(OC)[C@@H]2SC1)c1ccncc1. The number of aromatic nitrogens is 1. The molecule has 0 saturated carbocycles. The molecule has 4 heterocycles. The van der Waals surface area contributed by atoms with Crippen LogP contribution in [-0.2, 0) is 25.5 Å². The van der Waals surface area contributed by atoms with Gasteiger partial charge in [-0.05, 0) is 34.7 Å². The van der Waals surface area contributed by atoms with Gasteiger partial charge < -0.3 is 15.2 Å². The first-order valence-electron chi connectivity index (χ1n) is 9.29. The number of β-lactam (4-membered cyclic amide) rings is 1. The number of nitrogens with one attached hydrogen (secondary N) is 1. The Bertz CT molecular complexity index is 1080. The number of carbonyl (C=O) groups is 3. The van der Waals surface area contributed by atoms with Crippen molar-refractivity contribution in [1.82, 2.24) is 15.2 Å². The number of thiophene rings is 1. The van der Waals surface area contributed by atoms with Crippen molar-refractivity contribution >= 4 is 46.5 Å². The number of hydrogen-bond donors (Lipinski definition) is 2. The van der Waals surface area contributed by atoms with Crippen molar-refractivity contribution in [2.75, 3.05) is 12.9 Å². The number of ether oxygens (including phenoxy) is 1. The Balaban J connectivity index is 1.62. The number of thioether (sulfide) groups is 1. The molecule has 8 nitrogen and oxygen atoms in total. The quantitative estimate of drug-likeness (QED) is 0.484. The van der Waals surface area contributed by atoms with Crippen molar-refractivity contribution in [3.8, 4) is 0 Å². The molecular formula is C21H19N3O5S2. The van der Waals surface area contributed by atoms with Crippen LogP contribution in [0.4, 0.5) is 0 Å². The second-order valence-electron chi connectivity index (χ2n) is 6.93. The van der Waals surface area contributed by atoms with E-state index in [4.69, 9.17) is 4.74 Å². The van der Waals surface area contributed by atoms with E-state index in [9.17, 15) is 19.5 Å². The standard InChI is InChI=1S/C21H19N3O5S2/c1-12(13-5-7-22-8-6-13)15-11-31-20-21(29-2,19(28)24(20)17(15)18(26)27)23-16(25)10-14-4-3-9-30-14/h3-9,20H,1,10-11H2,2H3,(H,23,25)(H,26,27)/t20-,21-/m0/s1. The van der Waals surface area contributed by atoms with Gasteiger partial charge in [0.25, 0.3) is 11.6 Å². The van der Waals surface area contributed by atoms with Crippen LogP contribution in [0.25, 0.3) is 5.57 Å². The molecule has 2 aliphatic heterocycles. The van der Waals surface area contributed by atoms with E-state index in [0.29, 0.717) is 16.9 Å². The van der Waals surface area contributed by atoms with Gasteiger partial charge in [-0.25, -0.2) is 4.79 Å². The van der Waals surface area contributed by atoms with E-state index in [1.807, 2.05) is 17.5 Å². The van der Waals surface area contributed by atoms with Crippen LogP contribution in [-0.4, -0.2) is 56.7 Å². The third-order valence-corrected chi connectivity index (χ3v) is 7.38. The van der Waals surface area contributed by atoms with E-state index in [-0.39, 0.29) is 18.0 Å². The fourth-order valence-electron chi connectivity index (χ4n) is 3.66. The van der Waals surface area contributed by atoms with E-state index in [1.54, 1.807) is 24.5 Å². The van der Waals surface area contributed by atoms with Gasteiger partial charge in [-0.15, -0.1) is 23.1 Å². The number of rotatable bonds is 7. The van der Waals surface area contributed by atoms with Crippen LogP contribution >= 0.6 is 23.1 Å². The molecule has 0 unspecified atom stereocenters. The maximum absolute atomic E-state index is 13.1. The van der Waals surface area contributed by atoms with Gasteiger partial charge in [0.1, 0.15) is 11.1 Å². The molecule has 0 aromatic carbocycles. The summed E-state index contributed by atoms with van der Waals surface area (Å²) in [5, 5.41) is 13.8. The second kappa shape index (κ2) is 8.29. The maximum atomic E-state index is 13.1. The second-order valence-corrected chi connectivity index (χ2v) is 9.03. The first-order valence-corrected chi connectivity index (χ1v) is 11.2. The van der Waals surface area contributed by atoms with Crippen LogP contribution < -0.4 is 5.32 Å². The summed E-state index contributed by atoms with van der Waals surface area (Å²) in [6.45, 7) is 4.04. The summed E-state index contributed by atoms with van der Waals surface area (Å²) in [6.07, 6.45) is 3.29. The number of methoxy groups -OCH3 is 1. The minimum atomic E-state index is -1.61. The molecule has 2 aromatic rings. The van der Waals surface area contributed by atoms with Crippen molar-refractivity contribution < 1.29 is 24.2 Å². The zero-order valence-electron chi connectivity index (χ0n) is 16.5. The lowest BCUT2D eigenvalue weighted by molar-refractivity contribution is -0.192. The number of carbonyl (C=O) groups excluding carboxylic acids is 2. The summed E-state index contributed by atoms with van der Waals surface area (Å²) in [7, 11) is 1.33. The number of allylic oxidation sites excluding steroid dienone is 1. The largest absolute Gasteiger partial charge is 0.477 e. The average molecular weight is 458 g/mol. The van der Waals surface area contributed by atoms with E-state index in [0.717, 1.165) is 10.4 Å². The number of hydrogen-bond acceptors (Lipinski definition) is 7. The summed E-state index contributed by atoms with van der Waals surface area (Å²) in [4.78, 5) is 43.8. The van der Waals surface area contributed by atoms with Gasteiger partial charge in [0.2, 0.25) is 5.91 Å². The highest BCUT2D eigenvalue weighted by molar-refractivity contribution is 8.00. The molecule has 0 bridgehead atoms. The predicted octanol–water partition coefficient (Wildman–Crippen LogP) is 2.11. The van der Waals surface area contributed by atoms with Gasteiger partial charge in [-0.3, -0.25) is 19.5 Å². The van der Waals surface area contributed by atoms with Crippen molar-refractivity contribution in [2.24, 2.45) is 0 Å². The van der Waals surface area contributed by atoms with E-state index in [2.05, 4.69) is 16.9 Å². The molecule has 160 valence electrons. The van der Waals surface area contributed by atoms with Crippen LogP contribution in [0.1, 0.15) is 10.4 Å². The lowest BCUT2D eigenvalue weighted by atomic mass is 9.94. The van der Waals surface area contributed by atoms with Crippen LogP contribution in [0, 0.1) is 0 Å². The average Bonchev–Trinajstić information content (AvgIpc) is 3.29. The Morgan fingerprint density at radius 2 is 2.13 bits per heavy atom. The summed E-state index contributed by atoms with van der Waals surface area (Å²) in [6, 6.07) is 7.13. The first-order chi connectivity index (χ1) is 14.9. The lowest BCUT2D eigenvalue weighted by Crippen LogP contribution is -2.80. The van der Waals surface area contributed by atoms with Gasteiger partial charge in [0.05, 0.1) is 6.42 Å². The van der Waals surface area contributed by atoms with Gasteiger partial charge in [0, 0.05) is 35.7 Å². The summed E-state index contributed by atoms with van der Waals surface area (Å²) in [5.41, 5.74) is -0.0737. The monoisotopic (exact) mass is 457 g/mol. The molecule has 4 rings (SSSR count). The van der Waals surface area contributed by atoms with Gasteiger partial charge in [0.15, 0.2) is 0 Å². The molecule has 2 amide bonds. The van der Waals surface area contributed by atoms with Crippen molar-refractivity contribution in [3.63, 3.8) is 0 Å². The van der Waals surface area contributed by atoms with E-state index >= 15 is 0 Å². The fourth-order valence-corrected chi connectivity index (χ4v) is 5.84. The molecule has 0 spiro atoms. The number of carboxylic acid groups (broad SMARTS) is 1. The minimum Gasteiger partial charge on any atom is -0.477 e. The zero-order valence-corrected chi connectivity index (χ0v) is 18.2. The smallest absolute Gasteiger partial charge is 0.352 e. The van der Waals surface area contributed by atoms with Crippen LogP contribution in [0.2, 0.25) is 0 Å². The molecule has 2 atom stereocenters. The third-order valence-electron chi connectivity index (χ3n) is 5.19. The highest BCUT2D eigenvalue weighted by atomic mass is 32.2. The molecule has 2 aromatic heterocycles. The normalized spacial score (nSPS) is 22.5. The topological polar surface area (TPSA) is 109 Å². The number of pyridine rings is 1. The molecule has 2 aliphatic rings. The summed E-state index contributed by atoms with van der Waals surface area (Å²) in [5.74, 6) is -1.93. The maximum Gasteiger partial charge on any atom is 0.352 e. The van der Waals surface area contributed by atoms with Gasteiger partial charge in [-0.1, -0.05) is 12.6 Å². The first kappa shape index (κ1) is 21.3. The Labute approximate surface area is 186 Å². The Kier molecular flexibility index (Phi) is 5.69. The molecule has 31 heavy (non-hydrogen) atoms. The number of fused-ring (bicyclic) bond motifs is 1. The summed E-state index contributed by atoms with van der Waals surface area (Å²) >= 11 is 2.76. The zero-order chi connectivity index (χ0) is 22.2. The lowest BCUT2D eigenvalue weighted by Gasteiger charge is -2.55. The van der Waals surface area contributed by atoms with Crippen LogP contribution in [0.5, 0.6) is 0 Å². The molecule has 2 N–H and O–H groups in total. The van der Waals surface area contributed by atoms with Gasteiger partial charge >= 0.3 is 5.97 Å². The number of carboxylic acids is 1. The molecule has 1 fully saturated rings. The molecule has 10 heteroatoms. The van der Waals surface area contributed by atoms with Crippen molar-refractivity contribution in [1.29, 1.82) is 0 Å².